The van der Waals surface area contributed by atoms with Crippen LogP contribution in [0.15, 0.2) is 60.7 Å². The molecule has 2 aromatic rings. The van der Waals surface area contributed by atoms with E-state index in [0.717, 1.165) is 0 Å². The fourth-order valence-electron chi connectivity index (χ4n) is 1.82. The summed E-state index contributed by atoms with van der Waals surface area (Å²) in [6.07, 6.45) is 0. The van der Waals surface area contributed by atoms with Gasteiger partial charge in [0.05, 0.1) is 0 Å². The molecule has 0 saturated carbocycles. The van der Waals surface area contributed by atoms with E-state index >= 15 is 0 Å². The second kappa shape index (κ2) is 4.91. The highest BCUT2D eigenvalue weighted by Crippen LogP contribution is 1.89. The maximum absolute atomic E-state index is 3.47. The molecule has 0 aliphatic rings. The standard InChI is InChI=1S/C13H15NSi/c1-14-15(12-8-4-2-5-9-12)13-10-6-3-7-11-13/h2-11,14-15H,1H3. The molecule has 0 spiro atoms. The Morgan fingerprint density at radius 1 is 0.733 bits per heavy atom. The lowest BCUT2D eigenvalue weighted by molar-refractivity contribution is 1.23. The topological polar surface area (TPSA) is 12.0 Å². The Labute approximate surface area is 92.5 Å². The van der Waals surface area contributed by atoms with Crippen LogP contribution in [0, 0.1) is 0 Å². The molecule has 0 aromatic heterocycles. The zero-order chi connectivity index (χ0) is 10.5. The monoisotopic (exact) mass is 213 g/mol. The van der Waals surface area contributed by atoms with Crippen LogP contribution in [0.2, 0.25) is 0 Å². The van der Waals surface area contributed by atoms with Crippen LogP contribution < -0.4 is 15.4 Å². The summed E-state index contributed by atoms with van der Waals surface area (Å²) >= 11 is 0. The van der Waals surface area contributed by atoms with E-state index < -0.39 is 8.96 Å². The summed E-state index contributed by atoms with van der Waals surface area (Å²) in [6, 6.07) is 21.4. The van der Waals surface area contributed by atoms with Crippen LogP contribution in [0.3, 0.4) is 0 Å². The predicted octanol–water partition coefficient (Wildman–Crippen LogP) is 0.744. The van der Waals surface area contributed by atoms with Crippen LogP contribution in [-0.4, -0.2) is 16.0 Å². The second-order valence-electron chi connectivity index (χ2n) is 3.54. The summed E-state index contributed by atoms with van der Waals surface area (Å²) in [5.74, 6) is 0. The highest BCUT2D eigenvalue weighted by Gasteiger charge is 2.12. The van der Waals surface area contributed by atoms with E-state index in [2.05, 4.69) is 72.7 Å². The van der Waals surface area contributed by atoms with Crippen LogP contribution in [0.5, 0.6) is 0 Å². The van der Waals surface area contributed by atoms with Gasteiger partial charge in [0.15, 0.2) is 8.96 Å². The Morgan fingerprint density at radius 3 is 1.47 bits per heavy atom. The van der Waals surface area contributed by atoms with Crippen molar-refractivity contribution < 1.29 is 0 Å². The normalized spacial score (nSPS) is 10.5. The van der Waals surface area contributed by atoms with Crippen LogP contribution in [0.4, 0.5) is 0 Å². The number of rotatable bonds is 3. The molecule has 0 aliphatic carbocycles. The van der Waals surface area contributed by atoms with Gasteiger partial charge in [-0.15, -0.1) is 0 Å². The molecule has 0 saturated heterocycles. The second-order valence-corrected chi connectivity index (χ2v) is 6.32. The summed E-state index contributed by atoms with van der Waals surface area (Å²) in [6.45, 7) is 0. The van der Waals surface area contributed by atoms with E-state index in [1.807, 2.05) is 0 Å². The van der Waals surface area contributed by atoms with Crippen molar-refractivity contribution in [1.82, 2.24) is 4.98 Å². The molecule has 2 aromatic carbocycles. The van der Waals surface area contributed by atoms with Gasteiger partial charge in [-0.1, -0.05) is 60.7 Å². The van der Waals surface area contributed by atoms with E-state index in [9.17, 15) is 0 Å². The summed E-state index contributed by atoms with van der Waals surface area (Å²) in [7, 11) is 0.873. The van der Waals surface area contributed by atoms with Crippen molar-refractivity contribution in [1.29, 1.82) is 0 Å². The third kappa shape index (κ3) is 2.35. The molecule has 0 amide bonds. The first kappa shape index (κ1) is 10.1. The summed E-state index contributed by atoms with van der Waals surface area (Å²) in [4.78, 5) is 3.47. The maximum atomic E-state index is 3.47. The minimum absolute atomic E-state index is 1.18. The Morgan fingerprint density at radius 2 is 1.13 bits per heavy atom. The summed E-state index contributed by atoms with van der Waals surface area (Å²) < 4.78 is 0. The van der Waals surface area contributed by atoms with E-state index in [1.54, 1.807) is 0 Å². The number of nitrogens with one attached hydrogen (secondary N) is 1. The lowest BCUT2D eigenvalue weighted by Crippen LogP contribution is -2.52. The molecule has 1 nitrogen and oxygen atoms in total. The fourth-order valence-corrected chi connectivity index (χ4v) is 4.08. The molecule has 0 heterocycles. The summed E-state index contributed by atoms with van der Waals surface area (Å²) in [5.41, 5.74) is 0. The molecule has 1 N–H and O–H groups in total. The maximum Gasteiger partial charge on any atom is 0.173 e. The SMILES string of the molecule is CN[SiH](c1ccccc1)c1ccccc1. The van der Waals surface area contributed by atoms with Gasteiger partial charge in [-0.25, -0.2) is 0 Å². The molecule has 15 heavy (non-hydrogen) atoms. The number of benzene rings is 2. The molecule has 2 rings (SSSR count). The molecule has 0 bridgehead atoms. The minimum Gasteiger partial charge on any atom is -0.335 e. The molecular formula is C13H15NSi. The number of hydrogen-bond donors (Lipinski definition) is 1. The lowest BCUT2D eigenvalue weighted by atomic mass is 10.4. The molecule has 0 atom stereocenters. The van der Waals surface area contributed by atoms with Crippen molar-refractivity contribution in [2.75, 3.05) is 7.05 Å². The zero-order valence-corrected chi connectivity index (χ0v) is 10.0. The third-order valence-corrected chi connectivity index (χ3v) is 5.23. The largest absolute Gasteiger partial charge is 0.335 e. The van der Waals surface area contributed by atoms with Crippen LogP contribution in [-0.2, 0) is 0 Å². The van der Waals surface area contributed by atoms with Crippen molar-refractivity contribution in [3.8, 4) is 0 Å². The van der Waals surface area contributed by atoms with E-state index in [1.165, 1.54) is 10.4 Å². The fraction of sp³-hybridized carbons (Fsp3) is 0.0769. The van der Waals surface area contributed by atoms with Crippen molar-refractivity contribution in [2.45, 2.75) is 0 Å². The third-order valence-electron chi connectivity index (χ3n) is 2.55. The highest BCUT2D eigenvalue weighted by molar-refractivity contribution is 6.83. The Bertz CT molecular complexity index is 360. The van der Waals surface area contributed by atoms with Crippen molar-refractivity contribution in [3.05, 3.63) is 60.7 Å². The highest BCUT2D eigenvalue weighted by atomic mass is 28.3. The molecule has 0 fully saturated rings. The lowest BCUT2D eigenvalue weighted by Gasteiger charge is -2.14. The van der Waals surface area contributed by atoms with Gasteiger partial charge < -0.3 is 4.98 Å². The first-order chi connectivity index (χ1) is 7.42. The van der Waals surface area contributed by atoms with Gasteiger partial charge in [-0.05, 0) is 17.4 Å². The van der Waals surface area contributed by atoms with Gasteiger partial charge in [0.1, 0.15) is 0 Å². The van der Waals surface area contributed by atoms with Crippen molar-refractivity contribution in [3.63, 3.8) is 0 Å². The molecular weight excluding hydrogens is 198 g/mol. The van der Waals surface area contributed by atoms with Gasteiger partial charge in [0.2, 0.25) is 0 Å². The Balaban J connectivity index is 2.34. The van der Waals surface area contributed by atoms with Crippen molar-refractivity contribution >= 4 is 19.3 Å². The zero-order valence-electron chi connectivity index (χ0n) is 8.85. The van der Waals surface area contributed by atoms with E-state index in [0.29, 0.717) is 0 Å². The average Bonchev–Trinajstić information content (AvgIpc) is 2.33. The van der Waals surface area contributed by atoms with Gasteiger partial charge >= 0.3 is 0 Å². The van der Waals surface area contributed by atoms with Crippen LogP contribution >= 0.6 is 0 Å². The molecule has 0 radical (unpaired) electrons. The Hall–Kier alpha value is -1.38. The number of hydrogen-bond acceptors (Lipinski definition) is 1. The smallest absolute Gasteiger partial charge is 0.173 e. The van der Waals surface area contributed by atoms with Gasteiger partial charge in [0.25, 0.3) is 0 Å². The summed E-state index contributed by atoms with van der Waals surface area (Å²) in [5, 5.41) is 2.87. The van der Waals surface area contributed by atoms with Crippen LogP contribution in [0.1, 0.15) is 0 Å². The first-order valence-corrected chi connectivity index (χ1v) is 6.92. The van der Waals surface area contributed by atoms with Gasteiger partial charge in [-0.2, -0.15) is 0 Å². The first-order valence-electron chi connectivity index (χ1n) is 5.19. The average molecular weight is 213 g/mol. The predicted molar refractivity (Wildman–Crippen MR) is 68.4 cm³/mol. The molecule has 0 aliphatic heterocycles. The Kier molecular flexibility index (Phi) is 3.32. The quantitative estimate of drug-likeness (QED) is 0.742. The van der Waals surface area contributed by atoms with Gasteiger partial charge in [0, 0.05) is 0 Å². The van der Waals surface area contributed by atoms with Crippen molar-refractivity contribution in [2.24, 2.45) is 0 Å². The van der Waals surface area contributed by atoms with E-state index in [-0.39, 0.29) is 0 Å². The van der Waals surface area contributed by atoms with Crippen LogP contribution in [0.25, 0.3) is 0 Å². The van der Waals surface area contributed by atoms with Gasteiger partial charge in [-0.3, -0.25) is 0 Å². The minimum atomic E-state index is -1.18. The molecule has 0 unspecified atom stereocenters. The molecule has 76 valence electrons. The van der Waals surface area contributed by atoms with E-state index in [4.69, 9.17) is 0 Å². The molecule has 2 heteroatoms.